The number of benzene rings is 2. The van der Waals surface area contributed by atoms with Crippen molar-refractivity contribution in [3.8, 4) is 11.3 Å². The van der Waals surface area contributed by atoms with Crippen molar-refractivity contribution >= 4 is 23.3 Å². The summed E-state index contributed by atoms with van der Waals surface area (Å²) in [6, 6.07) is 7.50. The maximum atomic E-state index is 13.6. The largest absolute Gasteiger partial charge is 0.382 e. The minimum atomic E-state index is -1.73. The number of anilines is 2. The van der Waals surface area contributed by atoms with Gasteiger partial charge in [0.2, 0.25) is 0 Å². The Balaban J connectivity index is 1.67. The Morgan fingerprint density at radius 2 is 1.82 bits per heavy atom. The first-order chi connectivity index (χ1) is 15.7. The van der Waals surface area contributed by atoms with Gasteiger partial charge in [-0.25, -0.2) is 18.7 Å². The minimum Gasteiger partial charge on any atom is -0.382 e. The van der Waals surface area contributed by atoms with Crippen LogP contribution in [0.4, 0.5) is 20.3 Å². The molecule has 0 spiro atoms. The molecule has 0 saturated heterocycles. The standard InChI is InChI=1S/C23H21F2N5O3/c1-11-6-16(4-5-17(11)18-10-28-21(26)19(29-18)22(27)32)30(15-2-3-15)23(33)20(31)12-7-13(24)9-14(25)8-12/h4-10,15,20,31H,2-3H2,1H3,(H2,26,28)(H2,27,32)/t20-/m1/s1. The van der Waals surface area contributed by atoms with Crippen molar-refractivity contribution in [3.05, 3.63) is 71.1 Å². The molecule has 2 aromatic carbocycles. The Hall–Kier alpha value is -3.92. The van der Waals surface area contributed by atoms with E-state index in [2.05, 4.69) is 9.97 Å². The SMILES string of the molecule is Cc1cc(N(C(=O)[C@H](O)c2cc(F)cc(F)c2)C2CC2)ccc1-c1cnc(N)c(C(N)=O)n1. The molecule has 8 nitrogen and oxygen atoms in total. The number of amides is 2. The van der Waals surface area contributed by atoms with Crippen LogP contribution in [0, 0.1) is 18.6 Å². The fourth-order valence-corrected chi connectivity index (χ4v) is 3.65. The summed E-state index contributed by atoms with van der Waals surface area (Å²) in [5.41, 5.74) is 12.9. The second kappa shape index (κ2) is 8.55. The van der Waals surface area contributed by atoms with Crippen LogP contribution in [0.5, 0.6) is 0 Å². The number of primary amides is 1. The number of hydrogen-bond donors (Lipinski definition) is 3. The van der Waals surface area contributed by atoms with E-state index in [0.717, 1.165) is 25.0 Å². The molecule has 0 unspecified atom stereocenters. The van der Waals surface area contributed by atoms with Gasteiger partial charge in [-0.3, -0.25) is 9.59 Å². The number of aryl methyl sites for hydroxylation is 1. The van der Waals surface area contributed by atoms with E-state index in [9.17, 15) is 23.5 Å². The van der Waals surface area contributed by atoms with Gasteiger partial charge in [0.15, 0.2) is 17.6 Å². The molecule has 5 N–H and O–H groups in total. The summed E-state index contributed by atoms with van der Waals surface area (Å²) in [5, 5.41) is 10.6. The third kappa shape index (κ3) is 4.51. The van der Waals surface area contributed by atoms with Crippen molar-refractivity contribution in [3.63, 3.8) is 0 Å². The Morgan fingerprint density at radius 1 is 1.15 bits per heavy atom. The zero-order valence-corrected chi connectivity index (χ0v) is 17.6. The van der Waals surface area contributed by atoms with Crippen LogP contribution >= 0.6 is 0 Å². The van der Waals surface area contributed by atoms with Crippen molar-refractivity contribution in [2.24, 2.45) is 5.73 Å². The lowest BCUT2D eigenvalue weighted by Gasteiger charge is -2.26. The lowest BCUT2D eigenvalue weighted by Crippen LogP contribution is -2.37. The molecule has 1 heterocycles. The number of nitrogens with two attached hydrogens (primary N) is 2. The van der Waals surface area contributed by atoms with Crippen molar-refractivity contribution < 1.29 is 23.5 Å². The van der Waals surface area contributed by atoms with E-state index in [1.54, 1.807) is 25.1 Å². The molecule has 33 heavy (non-hydrogen) atoms. The lowest BCUT2D eigenvalue weighted by molar-refractivity contribution is -0.127. The van der Waals surface area contributed by atoms with E-state index in [-0.39, 0.29) is 23.1 Å². The second-order valence-electron chi connectivity index (χ2n) is 7.90. The number of nitrogens with zero attached hydrogens (tertiary/aromatic N) is 3. The van der Waals surface area contributed by atoms with E-state index >= 15 is 0 Å². The maximum Gasteiger partial charge on any atom is 0.271 e. The predicted octanol–water partition coefficient (Wildman–Crippen LogP) is 2.64. The Labute approximate surface area is 187 Å². The average Bonchev–Trinajstić information content (AvgIpc) is 3.58. The monoisotopic (exact) mass is 453 g/mol. The summed E-state index contributed by atoms with van der Waals surface area (Å²) in [7, 11) is 0. The van der Waals surface area contributed by atoms with E-state index in [1.807, 2.05) is 0 Å². The van der Waals surface area contributed by atoms with E-state index in [4.69, 9.17) is 11.5 Å². The highest BCUT2D eigenvalue weighted by molar-refractivity contribution is 5.98. The fourth-order valence-electron chi connectivity index (χ4n) is 3.65. The first kappa shape index (κ1) is 22.3. The van der Waals surface area contributed by atoms with Gasteiger partial charge in [-0.1, -0.05) is 6.07 Å². The second-order valence-corrected chi connectivity index (χ2v) is 7.90. The smallest absolute Gasteiger partial charge is 0.271 e. The van der Waals surface area contributed by atoms with Crippen LogP contribution in [-0.2, 0) is 4.79 Å². The molecule has 10 heteroatoms. The van der Waals surface area contributed by atoms with Gasteiger partial charge < -0.3 is 21.5 Å². The van der Waals surface area contributed by atoms with Crippen LogP contribution in [0.25, 0.3) is 11.3 Å². The van der Waals surface area contributed by atoms with Crippen LogP contribution < -0.4 is 16.4 Å². The third-order valence-electron chi connectivity index (χ3n) is 5.38. The highest BCUT2D eigenvalue weighted by Crippen LogP contribution is 2.36. The number of halogens is 2. The fraction of sp³-hybridized carbons (Fsp3) is 0.217. The lowest BCUT2D eigenvalue weighted by atomic mass is 10.0. The quantitative estimate of drug-likeness (QED) is 0.525. The van der Waals surface area contributed by atoms with Gasteiger partial charge in [0.05, 0.1) is 11.9 Å². The molecule has 1 aromatic heterocycles. The summed E-state index contributed by atoms with van der Waals surface area (Å²) < 4.78 is 27.2. The van der Waals surface area contributed by atoms with Crippen LogP contribution in [-0.4, -0.2) is 32.9 Å². The average molecular weight is 453 g/mol. The van der Waals surface area contributed by atoms with Crippen LogP contribution in [0.1, 0.15) is 40.6 Å². The molecule has 1 fully saturated rings. The highest BCUT2D eigenvalue weighted by Gasteiger charge is 2.37. The summed E-state index contributed by atoms with van der Waals surface area (Å²) in [6.07, 6.45) is 1.16. The molecule has 1 aliphatic rings. The van der Waals surface area contributed by atoms with Gasteiger partial charge in [-0.15, -0.1) is 0 Å². The zero-order valence-electron chi connectivity index (χ0n) is 17.6. The molecule has 0 radical (unpaired) electrons. The van der Waals surface area contributed by atoms with Gasteiger partial charge in [0.1, 0.15) is 11.6 Å². The molecular weight excluding hydrogens is 432 g/mol. The van der Waals surface area contributed by atoms with Crippen LogP contribution in [0.2, 0.25) is 0 Å². The molecule has 1 atom stereocenters. The first-order valence-corrected chi connectivity index (χ1v) is 10.2. The molecule has 0 bridgehead atoms. The molecule has 0 aliphatic heterocycles. The zero-order chi connectivity index (χ0) is 23.9. The molecule has 1 saturated carbocycles. The Kier molecular flexibility index (Phi) is 5.77. The van der Waals surface area contributed by atoms with E-state index in [1.165, 1.54) is 11.1 Å². The summed E-state index contributed by atoms with van der Waals surface area (Å²) in [6.45, 7) is 1.79. The van der Waals surface area contributed by atoms with E-state index in [0.29, 0.717) is 28.6 Å². The Morgan fingerprint density at radius 3 is 2.39 bits per heavy atom. The van der Waals surface area contributed by atoms with Crippen molar-refractivity contribution in [1.82, 2.24) is 9.97 Å². The number of carbonyl (C=O) groups excluding carboxylic acids is 2. The van der Waals surface area contributed by atoms with Gasteiger partial charge >= 0.3 is 0 Å². The summed E-state index contributed by atoms with van der Waals surface area (Å²) in [4.78, 5) is 34.3. The number of aliphatic hydroxyl groups excluding tert-OH is 1. The van der Waals surface area contributed by atoms with Crippen molar-refractivity contribution in [2.45, 2.75) is 31.9 Å². The molecule has 4 rings (SSSR count). The Bertz CT molecular complexity index is 1240. The molecule has 1 aliphatic carbocycles. The summed E-state index contributed by atoms with van der Waals surface area (Å²) >= 11 is 0. The minimum absolute atomic E-state index is 0.0752. The normalized spacial score (nSPS) is 14.1. The number of rotatable bonds is 6. The van der Waals surface area contributed by atoms with Crippen LogP contribution in [0.15, 0.2) is 42.6 Å². The van der Waals surface area contributed by atoms with Crippen molar-refractivity contribution in [2.75, 3.05) is 10.6 Å². The number of aliphatic hydroxyl groups is 1. The first-order valence-electron chi connectivity index (χ1n) is 10.2. The van der Waals surface area contributed by atoms with Gasteiger partial charge in [-0.05, 0) is 55.2 Å². The van der Waals surface area contributed by atoms with Gasteiger partial charge in [-0.2, -0.15) is 0 Å². The number of nitrogen functional groups attached to an aromatic ring is 1. The van der Waals surface area contributed by atoms with Crippen LogP contribution in [0.3, 0.4) is 0 Å². The summed E-state index contributed by atoms with van der Waals surface area (Å²) in [5.74, 6) is -3.32. The maximum absolute atomic E-state index is 13.6. The topological polar surface area (TPSA) is 135 Å². The molecule has 2 amide bonds. The van der Waals surface area contributed by atoms with Gasteiger partial charge in [0.25, 0.3) is 11.8 Å². The number of hydrogen-bond acceptors (Lipinski definition) is 6. The number of carbonyl (C=O) groups is 2. The third-order valence-corrected chi connectivity index (χ3v) is 5.38. The van der Waals surface area contributed by atoms with E-state index < -0.39 is 29.6 Å². The van der Waals surface area contributed by atoms with Crippen molar-refractivity contribution in [1.29, 1.82) is 0 Å². The van der Waals surface area contributed by atoms with Gasteiger partial charge in [0, 0.05) is 23.4 Å². The molecule has 170 valence electrons. The molecule has 3 aromatic rings. The number of aromatic nitrogens is 2. The predicted molar refractivity (Wildman–Crippen MR) is 117 cm³/mol. The molecular formula is C23H21F2N5O3. The highest BCUT2D eigenvalue weighted by atomic mass is 19.1.